The molecule has 39 heavy (non-hydrogen) atoms. The number of aromatic hydroxyl groups is 1. The van der Waals surface area contributed by atoms with Gasteiger partial charge in [-0.25, -0.2) is 9.59 Å². The van der Waals surface area contributed by atoms with E-state index in [-0.39, 0.29) is 11.3 Å². The number of esters is 2. The molecule has 1 aromatic carbocycles. The molecule has 1 saturated carbocycles. The zero-order valence-electron chi connectivity index (χ0n) is 21.1. The lowest BCUT2D eigenvalue weighted by molar-refractivity contribution is -0.343. The number of carbonyl (C=O) groups is 2. The molecule has 0 amide bonds. The first kappa shape index (κ1) is 29.0. The Morgan fingerprint density at radius 2 is 1.69 bits per heavy atom. The highest BCUT2D eigenvalue weighted by atomic mass is 16.8. The highest BCUT2D eigenvalue weighted by Crippen LogP contribution is 2.49. The summed E-state index contributed by atoms with van der Waals surface area (Å²) >= 11 is 0. The van der Waals surface area contributed by atoms with Crippen LogP contribution in [0.1, 0.15) is 12.5 Å². The van der Waals surface area contributed by atoms with Gasteiger partial charge in [0, 0.05) is 17.9 Å². The topological polar surface area (TPSA) is 202 Å². The number of hydrogen-bond donors (Lipinski definition) is 6. The number of phenols is 1. The predicted octanol–water partition coefficient (Wildman–Crippen LogP) is -1.21. The largest absolute Gasteiger partial charge is 0.508 e. The Morgan fingerprint density at radius 3 is 2.33 bits per heavy atom. The third-order valence-corrected chi connectivity index (χ3v) is 7.35. The molecule has 1 aromatic rings. The molecule has 6 N–H and O–H groups in total. The van der Waals surface area contributed by atoms with E-state index in [0.717, 1.165) is 19.4 Å². The maximum Gasteiger partial charge on any atom is 0.337 e. The quantitative estimate of drug-likeness (QED) is 0.174. The Morgan fingerprint density at radius 1 is 1.00 bits per heavy atom. The van der Waals surface area contributed by atoms with Crippen LogP contribution in [0.4, 0.5) is 0 Å². The number of ether oxygens (including phenoxy) is 5. The van der Waals surface area contributed by atoms with E-state index in [4.69, 9.17) is 23.7 Å². The van der Waals surface area contributed by atoms with Gasteiger partial charge >= 0.3 is 11.9 Å². The zero-order valence-corrected chi connectivity index (χ0v) is 21.1. The van der Waals surface area contributed by atoms with Gasteiger partial charge in [-0.05, 0) is 29.7 Å². The number of fused-ring (bicyclic) bond motifs is 1. The fourth-order valence-electron chi connectivity index (χ4n) is 5.20. The van der Waals surface area contributed by atoms with Gasteiger partial charge in [-0.15, -0.1) is 0 Å². The first-order valence-electron chi connectivity index (χ1n) is 12.3. The van der Waals surface area contributed by atoms with Crippen LogP contribution in [-0.4, -0.2) is 105 Å². The van der Waals surface area contributed by atoms with Crippen molar-refractivity contribution in [2.24, 2.45) is 17.8 Å². The van der Waals surface area contributed by atoms with Crippen molar-refractivity contribution >= 4 is 18.0 Å². The Kier molecular flexibility index (Phi) is 8.91. The van der Waals surface area contributed by atoms with Crippen LogP contribution in [0.5, 0.6) is 5.75 Å². The van der Waals surface area contributed by atoms with Gasteiger partial charge in [-0.2, -0.15) is 0 Å². The molecule has 1 aliphatic carbocycles. The minimum Gasteiger partial charge on any atom is -0.508 e. The van der Waals surface area contributed by atoms with E-state index >= 15 is 0 Å². The van der Waals surface area contributed by atoms with Crippen molar-refractivity contribution in [3.05, 3.63) is 47.7 Å². The normalized spacial score (nSPS) is 38.0. The van der Waals surface area contributed by atoms with Crippen LogP contribution < -0.4 is 0 Å². The predicted molar refractivity (Wildman–Crippen MR) is 129 cm³/mol. The van der Waals surface area contributed by atoms with Crippen LogP contribution in [0.25, 0.3) is 6.08 Å². The van der Waals surface area contributed by atoms with Gasteiger partial charge < -0.3 is 54.3 Å². The molecule has 2 aliphatic heterocycles. The van der Waals surface area contributed by atoms with Gasteiger partial charge in [-0.3, -0.25) is 0 Å². The number of methoxy groups -OCH3 is 1. The summed E-state index contributed by atoms with van der Waals surface area (Å²) < 4.78 is 27.3. The van der Waals surface area contributed by atoms with Gasteiger partial charge in [0.25, 0.3) is 0 Å². The molecule has 0 aromatic heterocycles. The Labute approximate surface area is 223 Å². The number of aliphatic hydroxyl groups is 5. The number of benzene rings is 1. The monoisotopic (exact) mass is 552 g/mol. The van der Waals surface area contributed by atoms with Crippen molar-refractivity contribution in [1.82, 2.24) is 0 Å². The zero-order chi connectivity index (χ0) is 28.4. The minimum absolute atomic E-state index is 0.0140. The molecule has 0 bridgehead atoms. The summed E-state index contributed by atoms with van der Waals surface area (Å²) in [6.45, 7) is 0.968. The van der Waals surface area contributed by atoms with E-state index in [1.807, 2.05) is 0 Å². The SMILES string of the molecule is COC(=O)C1=COC(OC2OC(CO)C(O)C(O)C2O)C2C(C)C(O)C(OC(=O)C=Cc3ccc(O)cc3)C12. The molecule has 4 rings (SSSR count). The maximum atomic E-state index is 12.7. The van der Waals surface area contributed by atoms with Crippen molar-refractivity contribution in [1.29, 1.82) is 0 Å². The van der Waals surface area contributed by atoms with Crippen molar-refractivity contribution in [3.8, 4) is 5.75 Å². The van der Waals surface area contributed by atoms with Gasteiger partial charge in [-0.1, -0.05) is 19.1 Å². The summed E-state index contributed by atoms with van der Waals surface area (Å²) in [5.74, 6) is -3.95. The van der Waals surface area contributed by atoms with Gasteiger partial charge in [0.05, 0.1) is 31.7 Å². The first-order valence-corrected chi connectivity index (χ1v) is 12.3. The van der Waals surface area contributed by atoms with Crippen molar-refractivity contribution in [3.63, 3.8) is 0 Å². The van der Waals surface area contributed by atoms with Crippen molar-refractivity contribution in [2.75, 3.05) is 13.7 Å². The molecule has 214 valence electrons. The summed E-state index contributed by atoms with van der Waals surface area (Å²) in [6.07, 6.45) is -7.85. The van der Waals surface area contributed by atoms with E-state index < -0.39 is 85.5 Å². The molecule has 0 radical (unpaired) electrons. The molecule has 1 saturated heterocycles. The third-order valence-electron chi connectivity index (χ3n) is 7.35. The summed E-state index contributed by atoms with van der Waals surface area (Å²) in [5.41, 5.74) is 0.594. The van der Waals surface area contributed by atoms with Crippen molar-refractivity contribution in [2.45, 2.75) is 56.1 Å². The first-order chi connectivity index (χ1) is 18.6. The fraction of sp³-hybridized carbons (Fsp3) is 0.538. The standard InChI is InChI=1S/C26H32O13/c1-11-17-18(23(19(11)30)38-16(29)8-5-12-3-6-13(28)7-4-12)14(24(34)35-2)10-36-25(17)39-26-22(33)21(32)20(31)15(9-27)37-26/h3-8,10-11,15,17-23,25-28,30-33H,9H2,1-2H3. The average molecular weight is 553 g/mol. The molecule has 13 nitrogen and oxygen atoms in total. The lowest BCUT2D eigenvalue weighted by Crippen LogP contribution is -2.60. The molecular weight excluding hydrogens is 520 g/mol. The summed E-state index contributed by atoms with van der Waals surface area (Å²) in [7, 11) is 1.16. The molecule has 11 atom stereocenters. The molecule has 11 unspecified atom stereocenters. The molecule has 2 fully saturated rings. The van der Waals surface area contributed by atoms with Gasteiger partial charge in [0.2, 0.25) is 6.29 Å². The number of rotatable bonds is 7. The molecule has 0 spiro atoms. The molecule has 13 heteroatoms. The highest BCUT2D eigenvalue weighted by molar-refractivity contribution is 5.90. The van der Waals surface area contributed by atoms with E-state index in [1.54, 1.807) is 19.1 Å². The Bertz CT molecular complexity index is 1080. The number of phenolic OH excluding ortho intramolecular Hbond substituents is 1. The smallest absolute Gasteiger partial charge is 0.337 e. The van der Waals surface area contributed by atoms with E-state index in [1.165, 1.54) is 18.2 Å². The van der Waals surface area contributed by atoms with E-state index in [9.17, 15) is 40.2 Å². The van der Waals surface area contributed by atoms with E-state index in [0.29, 0.717) is 5.56 Å². The van der Waals surface area contributed by atoms with E-state index in [2.05, 4.69) is 0 Å². The number of carbonyl (C=O) groups excluding carboxylic acids is 2. The molecular formula is C26H32O13. The minimum atomic E-state index is -1.71. The third kappa shape index (κ3) is 5.79. The van der Waals surface area contributed by atoms with Gasteiger partial charge in [0.1, 0.15) is 36.3 Å². The van der Waals surface area contributed by atoms with Gasteiger partial charge in [0.15, 0.2) is 6.29 Å². The van der Waals surface area contributed by atoms with Crippen LogP contribution in [0.2, 0.25) is 0 Å². The Balaban J connectivity index is 1.56. The van der Waals surface area contributed by atoms with Crippen LogP contribution >= 0.6 is 0 Å². The summed E-state index contributed by atoms with van der Waals surface area (Å²) in [4.78, 5) is 25.3. The molecule has 2 heterocycles. The lowest BCUT2D eigenvalue weighted by Gasteiger charge is -2.43. The highest BCUT2D eigenvalue weighted by Gasteiger charge is 2.59. The lowest BCUT2D eigenvalue weighted by atomic mass is 9.82. The van der Waals surface area contributed by atoms with Crippen LogP contribution in [0.15, 0.2) is 42.2 Å². The second-order valence-electron chi connectivity index (χ2n) is 9.68. The fourth-order valence-corrected chi connectivity index (χ4v) is 5.20. The average Bonchev–Trinajstić information content (AvgIpc) is 3.18. The van der Waals surface area contributed by atoms with Crippen LogP contribution in [0, 0.1) is 17.8 Å². The van der Waals surface area contributed by atoms with Crippen LogP contribution in [0.3, 0.4) is 0 Å². The number of aliphatic hydroxyl groups excluding tert-OH is 5. The summed E-state index contributed by atoms with van der Waals surface area (Å²) in [5, 5.41) is 60.5. The second kappa shape index (κ2) is 12.0. The number of hydrogen-bond acceptors (Lipinski definition) is 13. The Hall–Kier alpha value is -3.04. The molecule has 3 aliphatic rings. The van der Waals surface area contributed by atoms with Crippen LogP contribution in [-0.2, 0) is 33.3 Å². The summed E-state index contributed by atoms with van der Waals surface area (Å²) in [6, 6.07) is 6.06. The maximum absolute atomic E-state index is 12.7. The van der Waals surface area contributed by atoms with Crippen molar-refractivity contribution < 1.29 is 63.9 Å². The second-order valence-corrected chi connectivity index (χ2v) is 9.68.